The van der Waals surface area contributed by atoms with Gasteiger partial charge in [-0.05, 0) is 31.0 Å². The largest absolute Gasteiger partial charge is 0.396 e. The molecule has 2 amide bonds. The van der Waals surface area contributed by atoms with E-state index in [1.807, 2.05) is 0 Å². The average Bonchev–Trinajstić information content (AvgIpc) is 2.36. The van der Waals surface area contributed by atoms with Crippen LogP contribution in [0.2, 0.25) is 0 Å². The molecule has 5 nitrogen and oxygen atoms in total. The Morgan fingerprint density at radius 1 is 1.35 bits per heavy atom. The van der Waals surface area contributed by atoms with E-state index in [2.05, 4.69) is 10.6 Å². The van der Waals surface area contributed by atoms with Crippen molar-refractivity contribution in [2.24, 2.45) is 0 Å². The SMILES string of the molecule is CC(CCO)NC(=O)CNC(=O)Cc1cccc(F)c1. The number of nitrogens with one attached hydrogen (secondary N) is 2. The third-order valence-electron chi connectivity index (χ3n) is 2.67. The predicted octanol–water partition coefficient (Wildman–Crippen LogP) is 0.371. The predicted molar refractivity (Wildman–Crippen MR) is 72.4 cm³/mol. The van der Waals surface area contributed by atoms with Crippen LogP contribution in [0.5, 0.6) is 0 Å². The number of hydrogen-bond donors (Lipinski definition) is 3. The Kier molecular flexibility index (Phi) is 6.66. The van der Waals surface area contributed by atoms with Gasteiger partial charge in [-0.1, -0.05) is 12.1 Å². The first kappa shape index (κ1) is 16.1. The minimum absolute atomic E-state index is 0.00657. The van der Waals surface area contributed by atoms with E-state index in [-0.39, 0.29) is 37.4 Å². The first-order valence-electron chi connectivity index (χ1n) is 6.42. The van der Waals surface area contributed by atoms with Crippen molar-refractivity contribution in [1.82, 2.24) is 10.6 Å². The molecular weight excluding hydrogens is 263 g/mol. The van der Waals surface area contributed by atoms with Gasteiger partial charge in [0.05, 0.1) is 13.0 Å². The zero-order valence-corrected chi connectivity index (χ0v) is 11.4. The lowest BCUT2D eigenvalue weighted by atomic mass is 10.1. The molecule has 1 unspecified atom stereocenters. The third-order valence-corrected chi connectivity index (χ3v) is 2.67. The van der Waals surface area contributed by atoms with Gasteiger partial charge in [0.15, 0.2) is 0 Å². The van der Waals surface area contributed by atoms with E-state index >= 15 is 0 Å². The lowest BCUT2D eigenvalue weighted by molar-refractivity contribution is -0.126. The molecule has 0 aliphatic rings. The lowest BCUT2D eigenvalue weighted by Crippen LogP contribution is -2.41. The molecule has 0 heterocycles. The fraction of sp³-hybridized carbons (Fsp3) is 0.429. The molecule has 0 radical (unpaired) electrons. The molecule has 1 aromatic rings. The lowest BCUT2D eigenvalue weighted by Gasteiger charge is -2.12. The number of halogens is 1. The zero-order valence-electron chi connectivity index (χ0n) is 11.4. The zero-order chi connectivity index (χ0) is 15.0. The van der Waals surface area contributed by atoms with E-state index in [4.69, 9.17) is 5.11 Å². The second kappa shape index (κ2) is 8.27. The molecule has 0 spiro atoms. The summed E-state index contributed by atoms with van der Waals surface area (Å²) in [4.78, 5) is 23.1. The molecule has 0 saturated heterocycles. The molecule has 0 aromatic heterocycles. The molecule has 1 atom stereocenters. The van der Waals surface area contributed by atoms with Crippen molar-refractivity contribution in [3.05, 3.63) is 35.6 Å². The van der Waals surface area contributed by atoms with Gasteiger partial charge in [-0.2, -0.15) is 0 Å². The van der Waals surface area contributed by atoms with Crippen LogP contribution in [0.25, 0.3) is 0 Å². The van der Waals surface area contributed by atoms with Crippen molar-refractivity contribution in [2.45, 2.75) is 25.8 Å². The Bertz CT molecular complexity index is 465. The molecule has 110 valence electrons. The molecule has 6 heteroatoms. The van der Waals surface area contributed by atoms with Gasteiger partial charge in [0.2, 0.25) is 11.8 Å². The van der Waals surface area contributed by atoms with Crippen LogP contribution in [-0.4, -0.2) is 36.1 Å². The van der Waals surface area contributed by atoms with Gasteiger partial charge < -0.3 is 15.7 Å². The Balaban J connectivity index is 2.31. The fourth-order valence-electron chi connectivity index (χ4n) is 1.67. The number of rotatable bonds is 7. The topological polar surface area (TPSA) is 78.4 Å². The molecular formula is C14H19FN2O3. The minimum Gasteiger partial charge on any atom is -0.396 e. The van der Waals surface area contributed by atoms with Crippen molar-refractivity contribution in [2.75, 3.05) is 13.2 Å². The highest BCUT2D eigenvalue weighted by Crippen LogP contribution is 2.03. The molecule has 20 heavy (non-hydrogen) atoms. The standard InChI is InChI=1S/C14H19FN2O3/c1-10(5-6-18)17-14(20)9-16-13(19)8-11-3-2-4-12(15)7-11/h2-4,7,10,18H,5-6,8-9H2,1H3,(H,16,19)(H,17,20). The summed E-state index contributed by atoms with van der Waals surface area (Å²) in [6, 6.07) is 5.61. The van der Waals surface area contributed by atoms with E-state index in [1.165, 1.54) is 18.2 Å². The van der Waals surface area contributed by atoms with Crippen molar-refractivity contribution in [3.63, 3.8) is 0 Å². The Morgan fingerprint density at radius 2 is 2.10 bits per heavy atom. The Labute approximate surface area is 117 Å². The van der Waals surface area contributed by atoms with Gasteiger partial charge in [-0.25, -0.2) is 4.39 Å². The van der Waals surface area contributed by atoms with E-state index < -0.39 is 5.82 Å². The summed E-state index contributed by atoms with van der Waals surface area (Å²) >= 11 is 0. The minimum atomic E-state index is -0.397. The molecule has 0 bridgehead atoms. The summed E-state index contributed by atoms with van der Waals surface area (Å²) < 4.78 is 12.9. The van der Waals surface area contributed by atoms with Crippen molar-refractivity contribution >= 4 is 11.8 Å². The first-order valence-corrected chi connectivity index (χ1v) is 6.42. The van der Waals surface area contributed by atoms with Crippen LogP contribution >= 0.6 is 0 Å². The molecule has 0 aliphatic heterocycles. The van der Waals surface area contributed by atoms with Crippen LogP contribution in [0, 0.1) is 5.82 Å². The van der Waals surface area contributed by atoms with Crippen molar-refractivity contribution in [3.8, 4) is 0 Å². The average molecular weight is 282 g/mol. The van der Waals surface area contributed by atoms with Gasteiger partial charge >= 0.3 is 0 Å². The summed E-state index contributed by atoms with van der Waals surface area (Å²) in [7, 11) is 0. The van der Waals surface area contributed by atoms with E-state index in [0.29, 0.717) is 12.0 Å². The second-order valence-corrected chi connectivity index (χ2v) is 4.56. The van der Waals surface area contributed by atoms with E-state index in [9.17, 15) is 14.0 Å². The van der Waals surface area contributed by atoms with E-state index in [0.717, 1.165) is 0 Å². The van der Waals surface area contributed by atoms with Crippen LogP contribution in [0.15, 0.2) is 24.3 Å². The van der Waals surface area contributed by atoms with Gasteiger partial charge in [-0.15, -0.1) is 0 Å². The first-order chi connectivity index (χ1) is 9.51. The van der Waals surface area contributed by atoms with Crippen LogP contribution < -0.4 is 10.6 Å². The highest BCUT2D eigenvalue weighted by molar-refractivity contribution is 5.85. The second-order valence-electron chi connectivity index (χ2n) is 4.56. The molecule has 0 saturated carbocycles. The number of hydrogen-bond acceptors (Lipinski definition) is 3. The number of carbonyl (C=O) groups excluding carboxylic acids is 2. The van der Waals surface area contributed by atoms with Gasteiger partial charge in [0, 0.05) is 12.6 Å². The number of aliphatic hydroxyl groups is 1. The summed E-state index contributed by atoms with van der Waals surface area (Å²) in [6.07, 6.45) is 0.486. The van der Waals surface area contributed by atoms with Crippen LogP contribution in [-0.2, 0) is 16.0 Å². The van der Waals surface area contributed by atoms with Crippen LogP contribution in [0.1, 0.15) is 18.9 Å². The number of amides is 2. The van der Waals surface area contributed by atoms with Gasteiger partial charge in [0.1, 0.15) is 5.82 Å². The molecule has 0 aliphatic carbocycles. The summed E-state index contributed by atoms with van der Waals surface area (Å²) in [5, 5.41) is 13.8. The highest BCUT2D eigenvalue weighted by atomic mass is 19.1. The molecule has 3 N–H and O–H groups in total. The van der Waals surface area contributed by atoms with Crippen molar-refractivity contribution in [1.29, 1.82) is 0 Å². The summed E-state index contributed by atoms with van der Waals surface area (Å²) in [5.41, 5.74) is 0.552. The fourth-order valence-corrected chi connectivity index (χ4v) is 1.67. The van der Waals surface area contributed by atoms with Gasteiger partial charge in [0.25, 0.3) is 0 Å². The van der Waals surface area contributed by atoms with Crippen molar-refractivity contribution < 1.29 is 19.1 Å². The molecule has 0 fully saturated rings. The number of benzene rings is 1. The maximum Gasteiger partial charge on any atom is 0.239 e. The smallest absolute Gasteiger partial charge is 0.239 e. The maximum atomic E-state index is 12.9. The monoisotopic (exact) mass is 282 g/mol. The third kappa shape index (κ3) is 6.29. The Morgan fingerprint density at radius 3 is 2.75 bits per heavy atom. The van der Waals surface area contributed by atoms with Gasteiger partial charge in [-0.3, -0.25) is 9.59 Å². The molecule has 1 rings (SSSR count). The van der Waals surface area contributed by atoms with Crippen LogP contribution in [0.3, 0.4) is 0 Å². The molecule has 1 aromatic carbocycles. The normalized spacial score (nSPS) is 11.8. The number of carbonyl (C=O) groups is 2. The Hall–Kier alpha value is -1.95. The summed E-state index contributed by atoms with van der Waals surface area (Å²) in [5.74, 6) is -1.06. The quantitative estimate of drug-likeness (QED) is 0.676. The van der Waals surface area contributed by atoms with E-state index in [1.54, 1.807) is 13.0 Å². The number of aliphatic hydroxyl groups excluding tert-OH is 1. The summed E-state index contributed by atoms with van der Waals surface area (Å²) in [6.45, 7) is 1.62. The maximum absolute atomic E-state index is 12.9. The highest BCUT2D eigenvalue weighted by Gasteiger charge is 2.09. The van der Waals surface area contributed by atoms with Crippen LogP contribution in [0.4, 0.5) is 4.39 Å².